The third-order valence-corrected chi connectivity index (χ3v) is 1.24. The number of nitrogens with two attached hydrogens (primary N) is 1. The van der Waals surface area contributed by atoms with Crippen LogP contribution >= 0.6 is 0 Å². The van der Waals surface area contributed by atoms with Gasteiger partial charge in [-0.15, -0.1) is 6.42 Å². The minimum Gasteiger partial charge on any atom is -0.364 e. The molecule has 0 aliphatic carbocycles. The van der Waals surface area contributed by atoms with Crippen molar-refractivity contribution >= 4 is 5.91 Å². The Bertz CT molecular complexity index is 368. The molecular weight excluding hydrogens is 159 g/mol. The van der Waals surface area contributed by atoms with E-state index in [0.29, 0.717) is 0 Å². The second kappa shape index (κ2) is 3.01. The molecule has 0 bridgehead atoms. The molecule has 60 valence electrons. The van der Waals surface area contributed by atoms with Crippen LogP contribution < -0.4 is 5.73 Å². The molecule has 0 aromatic carbocycles. The van der Waals surface area contributed by atoms with E-state index in [1.165, 1.54) is 6.20 Å². The van der Waals surface area contributed by atoms with Crippen LogP contribution in [0.25, 0.3) is 0 Å². The molecule has 0 atom stereocenters. The molecule has 4 heteroatoms. The van der Waals surface area contributed by atoms with Crippen molar-refractivity contribution in [2.24, 2.45) is 5.73 Å². The minimum absolute atomic E-state index is 0.275. The molecule has 0 spiro atoms. The van der Waals surface area contributed by atoms with Gasteiger partial charge in [0, 0.05) is 11.8 Å². The van der Waals surface area contributed by atoms with Gasteiger partial charge in [-0.2, -0.15) is 0 Å². The van der Waals surface area contributed by atoms with Crippen LogP contribution in [0.5, 0.6) is 0 Å². The van der Waals surface area contributed by atoms with Crippen molar-refractivity contribution < 1.29 is 9.18 Å². The molecule has 0 unspecified atom stereocenters. The predicted octanol–water partition coefficient (Wildman–Crippen LogP) is 0.301. The zero-order valence-corrected chi connectivity index (χ0v) is 6.04. The Morgan fingerprint density at radius 1 is 1.75 bits per heavy atom. The van der Waals surface area contributed by atoms with Crippen LogP contribution in [0.2, 0.25) is 0 Å². The van der Waals surface area contributed by atoms with Crippen molar-refractivity contribution in [3.63, 3.8) is 0 Å². The normalized spacial score (nSPS) is 9.00. The number of amides is 1. The van der Waals surface area contributed by atoms with E-state index in [1.807, 2.05) is 0 Å². The molecule has 1 aromatic heterocycles. The molecule has 3 nitrogen and oxygen atoms in total. The first-order valence-corrected chi connectivity index (χ1v) is 3.07. The van der Waals surface area contributed by atoms with Gasteiger partial charge in [-0.05, 0) is 6.07 Å². The number of carbonyl (C=O) groups is 1. The maximum atomic E-state index is 12.8. The maximum absolute atomic E-state index is 12.8. The number of halogens is 1. The van der Waals surface area contributed by atoms with E-state index in [2.05, 4.69) is 10.9 Å². The monoisotopic (exact) mass is 164 g/mol. The SMILES string of the molecule is C#Cc1cnc(C(N)=O)c(F)c1. The Labute approximate surface area is 68.4 Å². The molecule has 0 saturated carbocycles. The second-order valence-corrected chi connectivity index (χ2v) is 2.06. The van der Waals surface area contributed by atoms with Crippen LogP contribution in [-0.2, 0) is 0 Å². The van der Waals surface area contributed by atoms with Gasteiger partial charge in [-0.3, -0.25) is 4.79 Å². The van der Waals surface area contributed by atoms with Crippen LogP contribution in [0, 0.1) is 18.2 Å². The van der Waals surface area contributed by atoms with Gasteiger partial charge in [-0.25, -0.2) is 9.37 Å². The number of nitrogens with zero attached hydrogens (tertiary/aromatic N) is 1. The third kappa shape index (κ3) is 1.40. The van der Waals surface area contributed by atoms with E-state index in [4.69, 9.17) is 12.2 Å². The first kappa shape index (κ1) is 8.21. The third-order valence-electron chi connectivity index (χ3n) is 1.24. The number of carbonyl (C=O) groups excluding carboxylic acids is 1. The molecule has 0 radical (unpaired) electrons. The molecule has 0 fully saturated rings. The van der Waals surface area contributed by atoms with Gasteiger partial charge in [0.05, 0.1) is 0 Å². The number of hydrogen-bond donors (Lipinski definition) is 1. The topological polar surface area (TPSA) is 56.0 Å². The van der Waals surface area contributed by atoms with Crippen molar-refractivity contribution in [2.75, 3.05) is 0 Å². The standard InChI is InChI=1S/C8H5FN2O/c1-2-5-3-6(9)7(8(10)12)11-4-5/h1,3-4H,(H2,10,12). The van der Waals surface area contributed by atoms with Crippen LogP contribution in [0.1, 0.15) is 16.1 Å². The van der Waals surface area contributed by atoms with E-state index in [0.717, 1.165) is 6.07 Å². The average Bonchev–Trinajstić information content (AvgIpc) is 2.03. The first-order chi connectivity index (χ1) is 5.65. The highest BCUT2D eigenvalue weighted by Gasteiger charge is 2.09. The van der Waals surface area contributed by atoms with Crippen LogP contribution in [0.3, 0.4) is 0 Å². The summed E-state index contributed by atoms with van der Waals surface area (Å²) in [4.78, 5) is 13.9. The number of primary amides is 1. The lowest BCUT2D eigenvalue weighted by Gasteiger charge is -1.96. The number of pyridine rings is 1. The highest BCUT2D eigenvalue weighted by molar-refractivity contribution is 5.91. The number of terminal acetylenes is 1. The van der Waals surface area contributed by atoms with Crippen LogP contribution in [0.4, 0.5) is 4.39 Å². The van der Waals surface area contributed by atoms with E-state index in [1.54, 1.807) is 0 Å². The van der Waals surface area contributed by atoms with Gasteiger partial charge in [0.1, 0.15) is 0 Å². The van der Waals surface area contributed by atoms with Gasteiger partial charge < -0.3 is 5.73 Å². The van der Waals surface area contributed by atoms with Crippen molar-refractivity contribution in [3.8, 4) is 12.3 Å². The van der Waals surface area contributed by atoms with Gasteiger partial charge in [0.15, 0.2) is 11.5 Å². The zero-order valence-electron chi connectivity index (χ0n) is 6.04. The molecule has 1 amide bonds. The van der Waals surface area contributed by atoms with Crippen molar-refractivity contribution in [2.45, 2.75) is 0 Å². The quantitative estimate of drug-likeness (QED) is 0.607. The molecule has 0 saturated heterocycles. The molecular formula is C8H5FN2O. The summed E-state index contributed by atoms with van der Waals surface area (Å²) in [6.07, 6.45) is 6.18. The summed E-state index contributed by atoms with van der Waals surface area (Å²) in [5, 5.41) is 0. The zero-order chi connectivity index (χ0) is 9.14. The highest BCUT2D eigenvalue weighted by Crippen LogP contribution is 2.04. The Morgan fingerprint density at radius 3 is 2.83 bits per heavy atom. The predicted molar refractivity (Wildman–Crippen MR) is 40.6 cm³/mol. The second-order valence-electron chi connectivity index (χ2n) is 2.06. The smallest absolute Gasteiger partial charge is 0.270 e. The largest absolute Gasteiger partial charge is 0.364 e. The summed E-state index contributed by atoms with van der Waals surface area (Å²) in [6, 6.07) is 1.03. The van der Waals surface area contributed by atoms with Crippen molar-refractivity contribution in [1.29, 1.82) is 0 Å². The fourth-order valence-electron chi connectivity index (χ4n) is 0.698. The Morgan fingerprint density at radius 2 is 2.42 bits per heavy atom. The Hall–Kier alpha value is -1.89. The fourth-order valence-corrected chi connectivity index (χ4v) is 0.698. The Balaban J connectivity index is 3.23. The summed E-state index contributed by atoms with van der Waals surface area (Å²) >= 11 is 0. The highest BCUT2D eigenvalue weighted by atomic mass is 19.1. The van der Waals surface area contributed by atoms with Crippen molar-refractivity contribution in [3.05, 3.63) is 29.3 Å². The number of hydrogen-bond acceptors (Lipinski definition) is 2. The lowest BCUT2D eigenvalue weighted by Crippen LogP contribution is -2.15. The molecule has 0 aliphatic rings. The molecule has 0 aliphatic heterocycles. The summed E-state index contributed by atoms with van der Waals surface area (Å²) in [7, 11) is 0. The van der Waals surface area contributed by atoms with Gasteiger partial charge in [-0.1, -0.05) is 5.92 Å². The molecule has 2 N–H and O–H groups in total. The van der Waals surface area contributed by atoms with E-state index in [-0.39, 0.29) is 5.56 Å². The van der Waals surface area contributed by atoms with Gasteiger partial charge >= 0.3 is 0 Å². The van der Waals surface area contributed by atoms with Crippen molar-refractivity contribution in [1.82, 2.24) is 4.98 Å². The molecule has 1 heterocycles. The van der Waals surface area contributed by atoms with E-state index < -0.39 is 17.4 Å². The van der Waals surface area contributed by atoms with E-state index >= 15 is 0 Å². The van der Waals surface area contributed by atoms with E-state index in [9.17, 15) is 9.18 Å². The molecule has 1 aromatic rings. The average molecular weight is 164 g/mol. The van der Waals surface area contributed by atoms with Crippen LogP contribution in [-0.4, -0.2) is 10.9 Å². The minimum atomic E-state index is -0.906. The number of aromatic nitrogens is 1. The molecule has 1 rings (SSSR count). The summed E-state index contributed by atoms with van der Waals surface area (Å²) in [5.74, 6) is 0.479. The maximum Gasteiger partial charge on any atom is 0.270 e. The van der Waals surface area contributed by atoms with Gasteiger partial charge in [0.25, 0.3) is 5.91 Å². The summed E-state index contributed by atoms with van der Waals surface area (Å²) in [5.41, 5.74) is 4.69. The summed E-state index contributed by atoms with van der Waals surface area (Å²) in [6.45, 7) is 0. The summed E-state index contributed by atoms with van der Waals surface area (Å²) < 4.78 is 12.8. The molecule has 12 heavy (non-hydrogen) atoms. The number of rotatable bonds is 1. The fraction of sp³-hybridized carbons (Fsp3) is 0. The van der Waals surface area contributed by atoms with Crippen LogP contribution in [0.15, 0.2) is 12.3 Å². The Kier molecular flexibility index (Phi) is 2.06. The lowest BCUT2D eigenvalue weighted by atomic mass is 10.2. The van der Waals surface area contributed by atoms with Gasteiger partial charge in [0.2, 0.25) is 0 Å². The first-order valence-electron chi connectivity index (χ1n) is 3.07. The lowest BCUT2D eigenvalue weighted by molar-refractivity contribution is 0.0991.